The number of rotatable bonds is 8. The first-order chi connectivity index (χ1) is 9.99. The molecule has 7 nitrogen and oxygen atoms in total. The van der Waals surface area contributed by atoms with Crippen LogP contribution in [-0.2, 0) is 4.74 Å². The highest BCUT2D eigenvalue weighted by Gasteiger charge is 2.17. The van der Waals surface area contributed by atoms with Gasteiger partial charge in [0.25, 0.3) is 11.6 Å². The molecule has 0 aliphatic rings. The molecule has 0 aliphatic carbocycles. The summed E-state index contributed by atoms with van der Waals surface area (Å²) in [6, 6.07) is 4.19. The minimum absolute atomic E-state index is 0.111. The summed E-state index contributed by atoms with van der Waals surface area (Å²) in [5.41, 5.74) is 0.721. The van der Waals surface area contributed by atoms with Gasteiger partial charge in [-0.1, -0.05) is 0 Å². The third-order valence-electron chi connectivity index (χ3n) is 2.83. The number of hydrogen-bond acceptors (Lipinski definition) is 5. The number of ether oxygens (including phenoxy) is 1. The first kappa shape index (κ1) is 16.9. The monoisotopic (exact) mass is 295 g/mol. The number of benzene rings is 1. The van der Waals surface area contributed by atoms with Gasteiger partial charge >= 0.3 is 0 Å². The first-order valence-corrected chi connectivity index (χ1v) is 6.91. The van der Waals surface area contributed by atoms with E-state index in [4.69, 9.17) is 4.74 Å². The van der Waals surface area contributed by atoms with Crippen LogP contribution in [0.4, 0.5) is 11.4 Å². The quantitative estimate of drug-likeness (QED) is 0.566. The molecule has 116 valence electrons. The molecule has 0 bridgehead atoms. The molecule has 1 unspecified atom stereocenters. The lowest BCUT2D eigenvalue weighted by molar-refractivity contribution is -0.384. The number of nitro groups is 1. The van der Waals surface area contributed by atoms with Gasteiger partial charge in [-0.25, -0.2) is 0 Å². The number of carbonyl (C=O) groups is 1. The van der Waals surface area contributed by atoms with Crippen molar-refractivity contribution in [2.75, 3.05) is 25.0 Å². The van der Waals surface area contributed by atoms with Gasteiger partial charge < -0.3 is 15.4 Å². The summed E-state index contributed by atoms with van der Waals surface area (Å²) in [5, 5.41) is 16.6. The third-order valence-corrected chi connectivity index (χ3v) is 2.83. The summed E-state index contributed by atoms with van der Waals surface area (Å²) in [5.74, 6) is -0.360. The van der Waals surface area contributed by atoms with Gasteiger partial charge in [0.15, 0.2) is 0 Å². The van der Waals surface area contributed by atoms with Crippen LogP contribution in [0, 0.1) is 10.1 Å². The molecule has 0 aliphatic heterocycles. The Bertz CT molecular complexity index is 505. The molecule has 0 saturated carbocycles. The van der Waals surface area contributed by atoms with Crippen molar-refractivity contribution in [3.63, 3.8) is 0 Å². The van der Waals surface area contributed by atoms with Gasteiger partial charge in [-0.2, -0.15) is 0 Å². The maximum absolute atomic E-state index is 12.2. The molecular weight excluding hydrogens is 274 g/mol. The third kappa shape index (κ3) is 5.03. The molecule has 0 spiro atoms. The summed E-state index contributed by atoms with van der Waals surface area (Å²) in [4.78, 5) is 22.5. The number of nitrogens with zero attached hydrogens (tertiary/aromatic N) is 1. The first-order valence-electron chi connectivity index (χ1n) is 6.91. The van der Waals surface area contributed by atoms with E-state index in [1.807, 2.05) is 20.8 Å². The van der Waals surface area contributed by atoms with Gasteiger partial charge in [-0.15, -0.1) is 0 Å². The molecule has 1 aromatic carbocycles. The molecular formula is C14H21N3O4. The van der Waals surface area contributed by atoms with Crippen molar-refractivity contribution in [2.24, 2.45) is 0 Å². The number of hydrogen-bond donors (Lipinski definition) is 2. The van der Waals surface area contributed by atoms with Crippen molar-refractivity contribution in [1.82, 2.24) is 5.32 Å². The van der Waals surface area contributed by atoms with Crippen molar-refractivity contribution >= 4 is 17.3 Å². The number of nitro benzene ring substituents is 1. The van der Waals surface area contributed by atoms with Crippen molar-refractivity contribution in [1.29, 1.82) is 0 Å². The summed E-state index contributed by atoms with van der Waals surface area (Å²) in [6.45, 7) is 7.15. The van der Waals surface area contributed by atoms with Gasteiger partial charge in [-0.05, 0) is 26.8 Å². The smallest absolute Gasteiger partial charge is 0.270 e. The van der Waals surface area contributed by atoms with E-state index >= 15 is 0 Å². The molecule has 0 radical (unpaired) electrons. The molecule has 1 amide bonds. The van der Waals surface area contributed by atoms with E-state index in [1.54, 1.807) is 6.07 Å². The lowest BCUT2D eigenvalue weighted by atomic mass is 10.1. The van der Waals surface area contributed by atoms with Gasteiger partial charge in [-0.3, -0.25) is 14.9 Å². The fourth-order valence-electron chi connectivity index (χ4n) is 1.85. The van der Waals surface area contributed by atoms with Crippen LogP contribution in [0.2, 0.25) is 0 Å². The SMILES string of the molecule is CCNc1ccc([N+](=O)[O-])cc1C(=O)NCC(C)OCC. The predicted octanol–water partition coefficient (Wildman–Crippen LogP) is 2.18. The van der Waals surface area contributed by atoms with Crippen molar-refractivity contribution in [2.45, 2.75) is 26.9 Å². The molecule has 2 N–H and O–H groups in total. The van der Waals surface area contributed by atoms with Crippen LogP contribution in [0.15, 0.2) is 18.2 Å². The van der Waals surface area contributed by atoms with Gasteiger partial charge in [0.2, 0.25) is 0 Å². The zero-order valence-electron chi connectivity index (χ0n) is 12.5. The average molecular weight is 295 g/mol. The molecule has 1 aromatic rings. The molecule has 0 fully saturated rings. The number of amides is 1. The van der Waals surface area contributed by atoms with E-state index in [0.29, 0.717) is 25.4 Å². The molecule has 0 aromatic heterocycles. The Morgan fingerprint density at radius 3 is 2.71 bits per heavy atom. The Labute approximate surface area is 123 Å². The zero-order chi connectivity index (χ0) is 15.8. The van der Waals surface area contributed by atoms with E-state index in [2.05, 4.69) is 10.6 Å². The highest BCUT2D eigenvalue weighted by atomic mass is 16.6. The largest absolute Gasteiger partial charge is 0.385 e. The Hall–Kier alpha value is -2.15. The summed E-state index contributed by atoms with van der Waals surface area (Å²) in [7, 11) is 0. The molecule has 1 atom stereocenters. The van der Waals surface area contributed by atoms with Gasteiger partial charge in [0.05, 0.1) is 16.6 Å². The zero-order valence-corrected chi connectivity index (χ0v) is 12.5. The standard InChI is InChI=1S/C14H21N3O4/c1-4-15-13-7-6-11(17(19)20)8-12(13)14(18)16-9-10(3)21-5-2/h6-8,10,15H,4-5,9H2,1-3H3,(H,16,18). The van der Waals surface area contributed by atoms with Gasteiger partial charge in [0.1, 0.15) is 0 Å². The van der Waals surface area contributed by atoms with E-state index in [-0.39, 0.29) is 23.3 Å². The second kappa shape index (κ2) is 8.21. The normalized spacial score (nSPS) is 11.8. The maximum Gasteiger partial charge on any atom is 0.270 e. The van der Waals surface area contributed by atoms with Crippen LogP contribution in [0.1, 0.15) is 31.1 Å². The molecule has 7 heteroatoms. The number of nitrogens with one attached hydrogen (secondary N) is 2. The van der Waals surface area contributed by atoms with Crippen molar-refractivity contribution in [3.05, 3.63) is 33.9 Å². The van der Waals surface area contributed by atoms with Crippen LogP contribution < -0.4 is 10.6 Å². The fourth-order valence-corrected chi connectivity index (χ4v) is 1.85. The van der Waals surface area contributed by atoms with Crippen LogP contribution in [-0.4, -0.2) is 36.6 Å². The van der Waals surface area contributed by atoms with Crippen LogP contribution in [0.3, 0.4) is 0 Å². The summed E-state index contributed by atoms with van der Waals surface area (Å²) >= 11 is 0. The van der Waals surface area contributed by atoms with E-state index < -0.39 is 4.92 Å². The minimum atomic E-state index is -0.519. The van der Waals surface area contributed by atoms with Crippen LogP contribution >= 0.6 is 0 Å². The molecule has 1 rings (SSSR count). The highest BCUT2D eigenvalue weighted by Crippen LogP contribution is 2.22. The van der Waals surface area contributed by atoms with E-state index in [0.717, 1.165) is 0 Å². The number of carbonyl (C=O) groups excluding carboxylic acids is 1. The maximum atomic E-state index is 12.2. The topological polar surface area (TPSA) is 93.5 Å². The number of anilines is 1. The van der Waals surface area contributed by atoms with Crippen LogP contribution in [0.5, 0.6) is 0 Å². The van der Waals surface area contributed by atoms with Crippen LogP contribution in [0.25, 0.3) is 0 Å². The second-order valence-corrected chi connectivity index (χ2v) is 4.49. The lowest BCUT2D eigenvalue weighted by Crippen LogP contribution is -2.32. The number of non-ortho nitro benzene ring substituents is 1. The fraction of sp³-hybridized carbons (Fsp3) is 0.500. The lowest BCUT2D eigenvalue weighted by Gasteiger charge is -2.14. The molecule has 21 heavy (non-hydrogen) atoms. The summed E-state index contributed by atoms with van der Waals surface area (Å²) < 4.78 is 5.33. The summed E-state index contributed by atoms with van der Waals surface area (Å²) in [6.07, 6.45) is -0.111. The minimum Gasteiger partial charge on any atom is -0.385 e. The Morgan fingerprint density at radius 1 is 1.43 bits per heavy atom. The Morgan fingerprint density at radius 2 is 2.14 bits per heavy atom. The second-order valence-electron chi connectivity index (χ2n) is 4.49. The highest BCUT2D eigenvalue weighted by molar-refractivity contribution is 6.00. The Balaban J connectivity index is 2.88. The van der Waals surface area contributed by atoms with Crippen molar-refractivity contribution in [3.8, 4) is 0 Å². The van der Waals surface area contributed by atoms with E-state index in [9.17, 15) is 14.9 Å². The Kier molecular flexibility index (Phi) is 6.61. The average Bonchev–Trinajstić information content (AvgIpc) is 2.45. The molecule has 0 heterocycles. The van der Waals surface area contributed by atoms with E-state index in [1.165, 1.54) is 12.1 Å². The van der Waals surface area contributed by atoms with Crippen molar-refractivity contribution < 1.29 is 14.5 Å². The molecule has 0 saturated heterocycles. The predicted molar refractivity (Wildman–Crippen MR) is 80.7 cm³/mol. The van der Waals surface area contributed by atoms with Gasteiger partial charge in [0, 0.05) is 37.5 Å².